The van der Waals surface area contributed by atoms with Gasteiger partial charge in [-0.1, -0.05) is 41.4 Å². The molecule has 7 heteroatoms. The molecule has 0 radical (unpaired) electrons. The SMILES string of the molecule is Cc1ccc(-c2cc(Cl)cnc2-c2cnc(C)c(SC(F)(F)F)c2)cc1. The first kappa shape index (κ1) is 18.7. The maximum Gasteiger partial charge on any atom is 0.446 e. The third kappa shape index (κ3) is 4.37. The van der Waals surface area contributed by atoms with Gasteiger partial charge in [0.1, 0.15) is 0 Å². The highest BCUT2D eigenvalue weighted by atomic mass is 35.5. The lowest BCUT2D eigenvalue weighted by Gasteiger charge is -2.13. The van der Waals surface area contributed by atoms with Crippen molar-refractivity contribution in [1.82, 2.24) is 9.97 Å². The third-order valence-electron chi connectivity index (χ3n) is 3.76. The summed E-state index contributed by atoms with van der Waals surface area (Å²) in [6.07, 6.45) is 3.01. The average Bonchev–Trinajstić information content (AvgIpc) is 2.56. The second-order valence-corrected chi connectivity index (χ2v) is 7.31. The van der Waals surface area contributed by atoms with Crippen molar-refractivity contribution >= 4 is 23.4 Å². The number of thioether (sulfide) groups is 1. The van der Waals surface area contributed by atoms with Gasteiger partial charge in [-0.25, -0.2) is 0 Å². The van der Waals surface area contributed by atoms with E-state index in [1.807, 2.05) is 31.2 Å². The fourth-order valence-corrected chi connectivity index (χ4v) is 3.29. The van der Waals surface area contributed by atoms with Gasteiger partial charge in [-0.05, 0) is 43.3 Å². The van der Waals surface area contributed by atoms with E-state index in [9.17, 15) is 13.2 Å². The molecule has 0 saturated heterocycles. The second kappa shape index (κ2) is 7.29. The Labute approximate surface area is 158 Å². The number of rotatable bonds is 3. The molecule has 2 heterocycles. The van der Waals surface area contributed by atoms with Crippen LogP contribution in [0.5, 0.6) is 0 Å². The molecule has 2 nitrogen and oxygen atoms in total. The zero-order valence-electron chi connectivity index (χ0n) is 13.9. The molecule has 0 saturated carbocycles. The van der Waals surface area contributed by atoms with Crippen LogP contribution in [0.15, 0.2) is 53.7 Å². The monoisotopic (exact) mass is 394 g/mol. The lowest BCUT2D eigenvalue weighted by Crippen LogP contribution is -2.01. The molecule has 0 fully saturated rings. The van der Waals surface area contributed by atoms with Crippen molar-refractivity contribution in [3.05, 3.63) is 65.1 Å². The summed E-state index contributed by atoms with van der Waals surface area (Å²) in [5.41, 5.74) is -0.284. The summed E-state index contributed by atoms with van der Waals surface area (Å²) < 4.78 is 38.4. The molecule has 2 aromatic heterocycles. The molecule has 3 aromatic rings. The zero-order chi connectivity index (χ0) is 18.9. The third-order valence-corrected chi connectivity index (χ3v) is 4.83. The van der Waals surface area contributed by atoms with Gasteiger partial charge in [0.05, 0.1) is 16.4 Å². The number of alkyl halides is 3. The fraction of sp³-hybridized carbons (Fsp3) is 0.158. The highest BCUT2D eigenvalue weighted by molar-refractivity contribution is 8.00. The first-order valence-corrected chi connectivity index (χ1v) is 8.88. The molecule has 0 aliphatic carbocycles. The molecule has 0 unspecified atom stereocenters. The molecule has 0 bridgehead atoms. The van der Waals surface area contributed by atoms with Crippen LogP contribution in [0.3, 0.4) is 0 Å². The Morgan fingerprint density at radius 3 is 2.27 bits per heavy atom. The van der Waals surface area contributed by atoms with E-state index in [0.717, 1.165) is 16.7 Å². The molecule has 0 aliphatic rings. The van der Waals surface area contributed by atoms with Crippen LogP contribution in [-0.2, 0) is 0 Å². The van der Waals surface area contributed by atoms with Gasteiger partial charge in [-0.3, -0.25) is 9.97 Å². The predicted molar refractivity (Wildman–Crippen MR) is 99.3 cm³/mol. The Hall–Kier alpha value is -2.05. The number of pyridine rings is 2. The summed E-state index contributed by atoms with van der Waals surface area (Å²) >= 11 is 5.92. The van der Waals surface area contributed by atoms with Crippen LogP contribution in [0.1, 0.15) is 11.3 Å². The van der Waals surface area contributed by atoms with E-state index in [-0.39, 0.29) is 16.7 Å². The maximum atomic E-state index is 12.8. The summed E-state index contributed by atoms with van der Waals surface area (Å²) in [4.78, 5) is 8.53. The van der Waals surface area contributed by atoms with Crippen molar-refractivity contribution < 1.29 is 13.2 Å². The maximum absolute atomic E-state index is 12.8. The molecule has 0 amide bonds. The van der Waals surface area contributed by atoms with Crippen LogP contribution in [0.4, 0.5) is 13.2 Å². The smallest absolute Gasteiger partial charge is 0.260 e. The van der Waals surface area contributed by atoms with Crippen LogP contribution < -0.4 is 0 Å². The number of halogens is 4. The van der Waals surface area contributed by atoms with Crippen molar-refractivity contribution in [3.8, 4) is 22.4 Å². The van der Waals surface area contributed by atoms with Crippen molar-refractivity contribution in [3.63, 3.8) is 0 Å². The number of hydrogen-bond acceptors (Lipinski definition) is 3. The quantitative estimate of drug-likeness (QED) is 0.462. The molecule has 1 aromatic carbocycles. The second-order valence-electron chi connectivity index (χ2n) is 5.77. The summed E-state index contributed by atoms with van der Waals surface area (Å²) in [6.45, 7) is 3.53. The summed E-state index contributed by atoms with van der Waals surface area (Å²) in [5, 5.41) is 0.453. The van der Waals surface area contributed by atoms with Crippen LogP contribution >= 0.6 is 23.4 Å². The topological polar surface area (TPSA) is 25.8 Å². The Morgan fingerprint density at radius 1 is 0.923 bits per heavy atom. The molecule has 3 rings (SSSR count). The lowest BCUT2D eigenvalue weighted by molar-refractivity contribution is -0.0328. The van der Waals surface area contributed by atoms with Gasteiger partial charge in [0.15, 0.2) is 0 Å². The van der Waals surface area contributed by atoms with E-state index in [2.05, 4.69) is 9.97 Å². The summed E-state index contributed by atoms with van der Waals surface area (Å²) in [7, 11) is 0. The first-order valence-electron chi connectivity index (χ1n) is 7.68. The lowest BCUT2D eigenvalue weighted by atomic mass is 9.99. The highest BCUT2D eigenvalue weighted by Gasteiger charge is 2.30. The van der Waals surface area contributed by atoms with Gasteiger partial charge >= 0.3 is 5.51 Å². The minimum absolute atomic E-state index is 0.0570. The Morgan fingerprint density at radius 2 is 1.62 bits per heavy atom. The van der Waals surface area contributed by atoms with E-state index < -0.39 is 5.51 Å². The molecule has 0 aliphatic heterocycles. The van der Waals surface area contributed by atoms with Crippen LogP contribution in [0.25, 0.3) is 22.4 Å². The van der Waals surface area contributed by atoms with Crippen molar-refractivity contribution in [2.24, 2.45) is 0 Å². The summed E-state index contributed by atoms with van der Waals surface area (Å²) in [5.74, 6) is 0. The molecule has 26 heavy (non-hydrogen) atoms. The van der Waals surface area contributed by atoms with Crippen LogP contribution in [0.2, 0.25) is 5.02 Å². The van der Waals surface area contributed by atoms with Crippen molar-refractivity contribution in [1.29, 1.82) is 0 Å². The van der Waals surface area contributed by atoms with Crippen LogP contribution in [-0.4, -0.2) is 15.5 Å². The van der Waals surface area contributed by atoms with Gasteiger partial charge in [0.25, 0.3) is 0 Å². The number of aryl methyl sites for hydroxylation is 2. The molecule has 0 N–H and O–H groups in total. The standard InChI is InChI=1S/C19H14ClF3N2S/c1-11-3-5-13(6-4-11)16-8-15(20)10-25-18(16)14-7-17(12(2)24-9-14)26-19(21,22)23/h3-10H,1-2H3. The van der Waals surface area contributed by atoms with E-state index in [4.69, 9.17) is 11.6 Å². The Kier molecular flexibility index (Phi) is 5.25. The Balaban J connectivity index is 2.13. The number of benzene rings is 1. The van der Waals surface area contributed by atoms with Crippen molar-refractivity contribution in [2.45, 2.75) is 24.3 Å². The minimum atomic E-state index is -4.38. The van der Waals surface area contributed by atoms with Gasteiger partial charge in [0.2, 0.25) is 0 Å². The molecule has 0 atom stereocenters. The average molecular weight is 395 g/mol. The van der Waals surface area contributed by atoms with E-state index in [1.165, 1.54) is 18.5 Å². The van der Waals surface area contributed by atoms with E-state index >= 15 is 0 Å². The fourth-order valence-electron chi connectivity index (χ4n) is 2.49. The van der Waals surface area contributed by atoms with Gasteiger partial charge < -0.3 is 0 Å². The van der Waals surface area contributed by atoms with E-state index in [1.54, 1.807) is 13.0 Å². The van der Waals surface area contributed by atoms with Gasteiger partial charge in [-0.2, -0.15) is 13.2 Å². The number of nitrogens with zero attached hydrogens (tertiary/aromatic N) is 2. The van der Waals surface area contributed by atoms with Crippen LogP contribution in [0, 0.1) is 13.8 Å². The van der Waals surface area contributed by atoms with E-state index in [0.29, 0.717) is 22.0 Å². The summed E-state index contributed by atoms with van der Waals surface area (Å²) in [6, 6.07) is 11.0. The minimum Gasteiger partial charge on any atom is -0.260 e. The van der Waals surface area contributed by atoms with Gasteiger partial charge in [0, 0.05) is 28.4 Å². The van der Waals surface area contributed by atoms with Gasteiger partial charge in [-0.15, -0.1) is 0 Å². The highest BCUT2D eigenvalue weighted by Crippen LogP contribution is 2.40. The van der Waals surface area contributed by atoms with Crippen molar-refractivity contribution in [2.75, 3.05) is 0 Å². The first-order chi connectivity index (χ1) is 12.2. The largest absolute Gasteiger partial charge is 0.446 e. The predicted octanol–water partition coefficient (Wildman–Crippen LogP) is 6.69. The molecular formula is C19H14ClF3N2S. The number of hydrogen-bond donors (Lipinski definition) is 0. The normalized spacial score (nSPS) is 11.6. The Bertz CT molecular complexity index is 941. The molecular weight excluding hydrogens is 381 g/mol. The molecule has 0 spiro atoms. The number of aromatic nitrogens is 2. The molecule has 134 valence electrons. The zero-order valence-corrected chi connectivity index (χ0v) is 15.5.